The number of hydrogen-bond acceptors (Lipinski definition) is 9. The highest BCUT2D eigenvalue weighted by atomic mass is 16.5. The lowest BCUT2D eigenvalue weighted by atomic mass is 9.86. The van der Waals surface area contributed by atoms with Crippen LogP contribution in [0.5, 0.6) is 5.75 Å². The normalized spacial score (nSPS) is 21.7. The molecule has 5 aliphatic rings. The molecule has 0 aromatic carbocycles. The summed E-state index contributed by atoms with van der Waals surface area (Å²) in [6.07, 6.45) is 6.34. The molecule has 0 aromatic heterocycles. The zero-order valence-electron chi connectivity index (χ0n) is 19.7. The third-order valence-corrected chi connectivity index (χ3v) is 6.67. The van der Waals surface area contributed by atoms with E-state index in [9.17, 15) is 15.1 Å². The Kier molecular flexibility index (Phi) is 7.24. The third kappa shape index (κ3) is 5.15. The second-order valence-electron chi connectivity index (χ2n) is 8.86. The maximum absolute atomic E-state index is 13.6. The molecule has 0 aromatic rings. The first-order valence-electron chi connectivity index (χ1n) is 12.1. The highest BCUT2D eigenvalue weighted by Crippen LogP contribution is 2.35. The Morgan fingerprint density at radius 3 is 1.94 bits per heavy atom. The number of rotatable bonds is 6. The van der Waals surface area contributed by atoms with Gasteiger partial charge in [-0.1, -0.05) is 0 Å². The molecule has 5 rings (SSSR count). The van der Waals surface area contributed by atoms with Crippen molar-refractivity contribution in [2.75, 3.05) is 78.8 Å². The molecule has 2 aliphatic carbocycles. The van der Waals surface area contributed by atoms with Gasteiger partial charge in [-0.05, 0) is 18.2 Å². The van der Waals surface area contributed by atoms with E-state index in [0.717, 1.165) is 70.4 Å². The molecule has 2 saturated heterocycles. The van der Waals surface area contributed by atoms with Gasteiger partial charge >= 0.3 is 0 Å². The molecule has 10 nitrogen and oxygen atoms in total. The number of aromatic hydroxyl groups is 1. The number of allylic oxidation sites excluding steroid dienone is 2. The zero-order valence-corrected chi connectivity index (χ0v) is 19.7. The molecule has 0 saturated carbocycles. The van der Waals surface area contributed by atoms with Crippen molar-refractivity contribution in [3.05, 3.63) is 52.0 Å². The molecular formula is C25H31N5O5. The number of aromatic nitrogens is 1. The highest BCUT2D eigenvalue weighted by Gasteiger charge is 2.29. The lowest BCUT2D eigenvalue weighted by molar-refractivity contribution is 0.0394. The zero-order chi connectivity index (χ0) is 24.2. The summed E-state index contributed by atoms with van der Waals surface area (Å²) in [6.45, 7) is 8.97. The molecule has 3 heterocycles. The minimum Gasteiger partial charge on any atom is -0.507 e. The van der Waals surface area contributed by atoms with Gasteiger partial charge in [-0.2, -0.15) is 0 Å². The lowest BCUT2D eigenvalue weighted by Gasteiger charge is -2.26. The molecular weight excluding hydrogens is 450 g/mol. The largest absolute Gasteiger partial charge is 0.507 e. The number of benzene rings is 1. The fourth-order valence-electron chi connectivity index (χ4n) is 4.73. The lowest BCUT2D eigenvalue weighted by Crippen LogP contribution is -2.38. The van der Waals surface area contributed by atoms with E-state index >= 15 is 0 Å². The summed E-state index contributed by atoms with van der Waals surface area (Å²) in [5.41, 5.74) is 2.15. The molecule has 0 amide bonds. The van der Waals surface area contributed by atoms with Crippen molar-refractivity contribution < 1.29 is 19.8 Å². The summed E-state index contributed by atoms with van der Waals surface area (Å²) in [7, 11) is 0. The summed E-state index contributed by atoms with van der Waals surface area (Å²) >= 11 is 0. The van der Waals surface area contributed by atoms with E-state index in [-0.39, 0.29) is 16.7 Å². The minimum atomic E-state index is -0.286. The van der Waals surface area contributed by atoms with Gasteiger partial charge < -0.3 is 19.8 Å². The average Bonchev–Trinajstić information content (AvgIpc) is 2.89. The van der Waals surface area contributed by atoms with Gasteiger partial charge in [0.05, 0.1) is 73.8 Å². The van der Waals surface area contributed by atoms with Gasteiger partial charge in [0.1, 0.15) is 5.75 Å². The van der Waals surface area contributed by atoms with Gasteiger partial charge in [0.25, 0.3) is 0 Å². The van der Waals surface area contributed by atoms with Crippen molar-refractivity contribution in [3.8, 4) is 16.9 Å². The predicted octanol–water partition coefficient (Wildman–Crippen LogP) is 0.708. The van der Waals surface area contributed by atoms with Crippen LogP contribution in [0, 0.1) is 0 Å². The Morgan fingerprint density at radius 1 is 0.829 bits per heavy atom. The number of fused-ring (bicyclic) bond motifs is 2. The molecule has 3 aliphatic heterocycles. The highest BCUT2D eigenvalue weighted by molar-refractivity contribution is 6.27. The SMILES string of the molecule is O=c1c2cn(O)ccc-2c(O)c2c1C(=NCCN1CCOCC1)C=CC2=NCCN1CCOCC1. The molecule has 10 heteroatoms. The van der Waals surface area contributed by atoms with Crippen molar-refractivity contribution in [2.24, 2.45) is 9.98 Å². The van der Waals surface area contributed by atoms with E-state index in [4.69, 9.17) is 19.5 Å². The number of nitrogens with zero attached hydrogens (tertiary/aromatic N) is 5. The van der Waals surface area contributed by atoms with Crippen molar-refractivity contribution in [3.63, 3.8) is 0 Å². The van der Waals surface area contributed by atoms with E-state index in [2.05, 4.69) is 9.80 Å². The second-order valence-corrected chi connectivity index (χ2v) is 8.86. The van der Waals surface area contributed by atoms with Gasteiger partial charge in [-0.25, -0.2) is 4.73 Å². The molecule has 35 heavy (non-hydrogen) atoms. The molecule has 0 atom stereocenters. The van der Waals surface area contributed by atoms with Gasteiger partial charge in [0.2, 0.25) is 0 Å². The van der Waals surface area contributed by atoms with Gasteiger partial charge in [0.15, 0.2) is 5.43 Å². The first kappa shape index (κ1) is 23.7. The Labute approximate surface area is 203 Å². The molecule has 0 radical (unpaired) electrons. The summed E-state index contributed by atoms with van der Waals surface area (Å²) in [6, 6.07) is 1.53. The first-order chi connectivity index (χ1) is 17.1. The van der Waals surface area contributed by atoms with Crippen LogP contribution in [-0.2, 0) is 9.47 Å². The summed E-state index contributed by atoms with van der Waals surface area (Å²) < 4.78 is 11.6. The van der Waals surface area contributed by atoms with Crippen molar-refractivity contribution >= 4 is 11.4 Å². The summed E-state index contributed by atoms with van der Waals surface area (Å²) in [4.78, 5) is 27.6. The number of hydrogen-bond donors (Lipinski definition) is 2. The van der Waals surface area contributed by atoms with E-state index in [1.807, 2.05) is 6.08 Å². The standard InChI is InChI=1S/C25H31N5O5/c31-24-18-3-6-30(33)17-19(18)25(32)23-21(27-5-8-29-11-15-35-16-12-29)2-1-20(22(23)24)26-4-7-28-9-13-34-14-10-28/h1-3,6,17,31,33H,4-5,7-16H2. The topological polar surface area (TPSA) is 112 Å². The summed E-state index contributed by atoms with van der Waals surface area (Å²) in [5, 5.41) is 21.1. The number of pyridine rings is 1. The van der Waals surface area contributed by atoms with Crippen LogP contribution in [0.25, 0.3) is 11.1 Å². The Morgan fingerprint density at radius 2 is 1.37 bits per heavy atom. The van der Waals surface area contributed by atoms with E-state index < -0.39 is 0 Å². The van der Waals surface area contributed by atoms with Crippen LogP contribution in [0.15, 0.2) is 45.4 Å². The fourth-order valence-corrected chi connectivity index (χ4v) is 4.73. The van der Waals surface area contributed by atoms with Crippen molar-refractivity contribution in [1.29, 1.82) is 0 Å². The number of phenolic OH excluding ortho intramolecular Hbond substituents is 1. The number of morpholine rings is 2. The van der Waals surface area contributed by atoms with Gasteiger partial charge in [-0.3, -0.25) is 24.6 Å². The van der Waals surface area contributed by atoms with Crippen molar-refractivity contribution in [2.45, 2.75) is 0 Å². The molecule has 2 N–H and O–H groups in total. The van der Waals surface area contributed by atoms with E-state index in [1.165, 1.54) is 18.5 Å². The summed E-state index contributed by atoms with van der Waals surface area (Å²) in [5.74, 6) is -0.0226. The first-order valence-corrected chi connectivity index (χ1v) is 12.1. The molecule has 0 unspecified atom stereocenters. The Bertz CT molecular complexity index is 1180. The molecule has 0 bridgehead atoms. The van der Waals surface area contributed by atoms with Crippen LogP contribution in [0.1, 0.15) is 11.1 Å². The quantitative estimate of drug-likeness (QED) is 0.585. The monoisotopic (exact) mass is 481 g/mol. The minimum absolute atomic E-state index is 0.0226. The smallest absolute Gasteiger partial charge is 0.198 e. The maximum atomic E-state index is 13.6. The number of phenols is 1. The molecule has 186 valence electrons. The van der Waals surface area contributed by atoms with E-state index in [0.29, 0.717) is 41.2 Å². The maximum Gasteiger partial charge on any atom is 0.198 e. The predicted molar refractivity (Wildman–Crippen MR) is 133 cm³/mol. The van der Waals surface area contributed by atoms with Crippen LogP contribution in [0.2, 0.25) is 0 Å². The number of ether oxygens (including phenoxy) is 2. The van der Waals surface area contributed by atoms with Crippen molar-refractivity contribution in [1.82, 2.24) is 14.5 Å². The van der Waals surface area contributed by atoms with Gasteiger partial charge in [0, 0.05) is 51.0 Å². The third-order valence-electron chi connectivity index (χ3n) is 6.67. The van der Waals surface area contributed by atoms with Crippen LogP contribution in [0.3, 0.4) is 0 Å². The second kappa shape index (κ2) is 10.7. The molecule has 2 fully saturated rings. The van der Waals surface area contributed by atoms with Crippen LogP contribution < -0.4 is 5.43 Å². The van der Waals surface area contributed by atoms with Crippen LogP contribution in [-0.4, -0.2) is 115 Å². The fraction of sp³-hybridized carbons (Fsp3) is 0.480. The Balaban J connectivity index is 1.48. The van der Waals surface area contributed by atoms with Crippen LogP contribution >= 0.6 is 0 Å². The molecule has 0 spiro atoms. The van der Waals surface area contributed by atoms with E-state index in [1.54, 1.807) is 6.08 Å². The van der Waals surface area contributed by atoms with Crippen LogP contribution in [0.4, 0.5) is 0 Å². The average molecular weight is 482 g/mol. The van der Waals surface area contributed by atoms with Gasteiger partial charge in [-0.15, -0.1) is 0 Å². The Hall–Kier alpha value is -3.05. The number of aliphatic imine (C=N–C) groups is 2.